The third kappa shape index (κ3) is 2.25. The zero-order valence-electron chi connectivity index (χ0n) is 8.04. The first-order valence-electron chi connectivity index (χ1n) is 4.95. The highest BCUT2D eigenvalue weighted by atomic mass is 79.9. The summed E-state index contributed by atoms with van der Waals surface area (Å²) in [5.41, 5.74) is 8.60. The Morgan fingerprint density at radius 3 is 2.79 bits per heavy atom. The molecule has 0 heterocycles. The van der Waals surface area contributed by atoms with E-state index in [-0.39, 0.29) is 0 Å². The molecule has 2 rings (SSSR count). The smallest absolute Gasteiger partial charge is 0.0247 e. The fourth-order valence-corrected chi connectivity index (χ4v) is 2.25. The number of hydrogen-bond donors (Lipinski definition) is 1. The van der Waals surface area contributed by atoms with Gasteiger partial charge in [-0.05, 0) is 30.9 Å². The Hall–Kier alpha value is -0.600. The molecule has 1 atom stereocenters. The van der Waals surface area contributed by atoms with E-state index >= 15 is 0 Å². The van der Waals surface area contributed by atoms with Gasteiger partial charge in [-0.25, -0.2) is 0 Å². The molecule has 1 nitrogen and oxygen atoms in total. The summed E-state index contributed by atoms with van der Waals surface area (Å²) in [6, 6.07) is 8.67. The largest absolute Gasteiger partial charge is 0.327 e. The topological polar surface area (TPSA) is 26.0 Å². The Kier molecular flexibility index (Phi) is 3.04. The molecule has 2 N–H and O–H groups in total. The summed E-state index contributed by atoms with van der Waals surface area (Å²) in [6.07, 6.45) is 5.61. The van der Waals surface area contributed by atoms with Crippen LogP contribution in [0.4, 0.5) is 0 Å². The van der Waals surface area contributed by atoms with Gasteiger partial charge in [-0.15, -0.1) is 0 Å². The lowest BCUT2D eigenvalue weighted by molar-refractivity contribution is 0.711. The molecule has 1 unspecified atom stereocenters. The van der Waals surface area contributed by atoms with Gasteiger partial charge >= 0.3 is 0 Å². The number of hydrogen-bond acceptors (Lipinski definition) is 1. The van der Waals surface area contributed by atoms with E-state index in [1.165, 1.54) is 11.1 Å². The van der Waals surface area contributed by atoms with Gasteiger partial charge in [-0.3, -0.25) is 0 Å². The van der Waals surface area contributed by atoms with Crippen LogP contribution in [0.5, 0.6) is 0 Å². The minimum Gasteiger partial charge on any atom is -0.327 e. The van der Waals surface area contributed by atoms with Crippen LogP contribution in [0.1, 0.15) is 24.8 Å². The molecule has 1 aliphatic rings. The fraction of sp³-hybridized carbons (Fsp3) is 0.333. The molecule has 0 saturated heterocycles. The molecule has 1 aromatic carbocycles. The van der Waals surface area contributed by atoms with Crippen molar-refractivity contribution in [3.05, 3.63) is 39.9 Å². The predicted octanol–water partition coefficient (Wildman–Crippen LogP) is 3.34. The summed E-state index contributed by atoms with van der Waals surface area (Å²) in [4.78, 5) is 0. The molecule has 0 aromatic heterocycles. The molecular formula is C12H14BrN. The van der Waals surface area contributed by atoms with E-state index in [0.717, 1.165) is 23.7 Å². The second kappa shape index (κ2) is 4.28. The highest BCUT2D eigenvalue weighted by molar-refractivity contribution is 9.10. The summed E-state index contributed by atoms with van der Waals surface area (Å²) >= 11 is 3.54. The Balaban J connectivity index is 2.21. The van der Waals surface area contributed by atoms with Crippen molar-refractivity contribution in [3.63, 3.8) is 0 Å². The van der Waals surface area contributed by atoms with Crippen LogP contribution in [0.2, 0.25) is 0 Å². The van der Waals surface area contributed by atoms with Crippen molar-refractivity contribution < 1.29 is 0 Å². The third-order valence-electron chi connectivity index (χ3n) is 2.63. The lowest BCUT2D eigenvalue weighted by Crippen LogP contribution is -2.13. The molecule has 1 fully saturated rings. The first kappa shape index (κ1) is 9.94. The van der Waals surface area contributed by atoms with Crippen molar-refractivity contribution in [1.82, 2.24) is 0 Å². The van der Waals surface area contributed by atoms with Crippen LogP contribution < -0.4 is 5.73 Å². The number of benzene rings is 1. The fourth-order valence-electron chi connectivity index (χ4n) is 1.85. The Bertz CT molecular complexity index is 357. The molecule has 0 amide bonds. The predicted molar refractivity (Wildman–Crippen MR) is 63.9 cm³/mol. The first-order chi connectivity index (χ1) is 6.75. The van der Waals surface area contributed by atoms with E-state index in [0.29, 0.717) is 6.04 Å². The van der Waals surface area contributed by atoms with E-state index in [9.17, 15) is 0 Å². The van der Waals surface area contributed by atoms with Crippen LogP contribution in [0.3, 0.4) is 0 Å². The SMILES string of the molecule is NC1CCC(=Cc2ccccc2Br)C1. The molecule has 0 aliphatic heterocycles. The van der Waals surface area contributed by atoms with Crippen LogP contribution in [-0.4, -0.2) is 6.04 Å². The maximum absolute atomic E-state index is 5.86. The van der Waals surface area contributed by atoms with Crippen LogP contribution in [0, 0.1) is 0 Å². The van der Waals surface area contributed by atoms with Crippen molar-refractivity contribution in [2.24, 2.45) is 5.73 Å². The third-order valence-corrected chi connectivity index (χ3v) is 3.35. The minimum atomic E-state index is 0.378. The monoisotopic (exact) mass is 251 g/mol. The van der Waals surface area contributed by atoms with E-state index in [2.05, 4.69) is 40.2 Å². The van der Waals surface area contributed by atoms with Crippen molar-refractivity contribution >= 4 is 22.0 Å². The number of rotatable bonds is 1. The van der Waals surface area contributed by atoms with Gasteiger partial charge in [0.25, 0.3) is 0 Å². The second-order valence-electron chi connectivity index (χ2n) is 3.83. The quantitative estimate of drug-likeness (QED) is 0.815. The van der Waals surface area contributed by atoms with Crippen molar-refractivity contribution in [3.8, 4) is 0 Å². The summed E-state index contributed by atoms with van der Waals surface area (Å²) in [7, 11) is 0. The van der Waals surface area contributed by atoms with Crippen molar-refractivity contribution in [2.75, 3.05) is 0 Å². The van der Waals surface area contributed by atoms with Crippen LogP contribution in [-0.2, 0) is 0 Å². The summed E-state index contributed by atoms with van der Waals surface area (Å²) in [5.74, 6) is 0. The minimum absolute atomic E-state index is 0.378. The van der Waals surface area contributed by atoms with Gasteiger partial charge in [0.15, 0.2) is 0 Å². The summed E-state index contributed by atoms with van der Waals surface area (Å²) in [5, 5.41) is 0. The maximum Gasteiger partial charge on any atom is 0.0247 e. The van der Waals surface area contributed by atoms with Crippen LogP contribution in [0.25, 0.3) is 6.08 Å². The van der Waals surface area contributed by atoms with Crippen molar-refractivity contribution in [2.45, 2.75) is 25.3 Å². The van der Waals surface area contributed by atoms with Crippen LogP contribution in [0.15, 0.2) is 34.3 Å². The standard InChI is InChI=1S/C12H14BrN/c13-12-4-2-1-3-10(12)7-9-5-6-11(14)8-9/h1-4,7,11H,5-6,8,14H2. The lowest BCUT2D eigenvalue weighted by Gasteiger charge is -2.00. The molecule has 0 radical (unpaired) electrons. The molecule has 1 saturated carbocycles. The van der Waals surface area contributed by atoms with E-state index < -0.39 is 0 Å². The maximum atomic E-state index is 5.86. The summed E-state index contributed by atoms with van der Waals surface area (Å²) in [6.45, 7) is 0. The lowest BCUT2D eigenvalue weighted by atomic mass is 10.1. The van der Waals surface area contributed by atoms with Crippen molar-refractivity contribution in [1.29, 1.82) is 0 Å². The molecule has 74 valence electrons. The molecule has 1 aliphatic carbocycles. The zero-order chi connectivity index (χ0) is 9.97. The Morgan fingerprint density at radius 2 is 2.14 bits per heavy atom. The van der Waals surface area contributed by atoms with Gasteiger partial charge in [-0.1, -0.05) is 45.8 Å². The molecule has 0 spiro atoms. The van der Waals surface area contributed by atoms with Gasteiger partial charge in [0.2, 0.25) is 0 Å². The normalized spacial score (nSPS) is 24.4. The molecule has 0 bridgehead atoms. The number of halogens is 1. The highest BCUT2D eigenvalue weighted by Gasteiger charge is 2.14. The molecular weight excluding hydrogens is 238 g/mol. The molecule has 1 aromatic rings. The average Bonchev–Trinajstić information content (AvgIpc) is 2.56. The van der Waals surface area contributed by atoms with E-state index in [1.807, 2.05) is 6.07 Å². The Labute approximate surface area is 93.1 Å². The average molecular weight is 252 g/mol. The first-order valence-corrected chi connectivity index (χ1v) is 5.74. The summed E-state index contributed by atoms with van der Waals surface area (Å²) < 4.78 is 1.16. The van der Waals surface area contributed by atoms with E-state index in [1.54, 1.807) is 0 Å². The molecule has 14 heavy (non-hydrogen) atoms. The van der Waals surface area contributed by atoms with E-state index in [4.69, 9.17) is 5.73 Å². The van der Waals surface area contributed by atoms with Gasteiger partial charge in [0.05, 0.1) is 0 Å². The molecule has 2 heteroatoms. The Morgan fingerprint density at radius 1 is 1.36 bits per heavy atom. The van der Waals surface area contributed by atoms with Gasteiger partial charge in [0, 0.05) is 10.5 Å². The van der Waals surface area contributed by atoms with Gasteiger partial charge < -0.3 is 5.73 Å². The van der Waals surface area contributed by atoms with Gasteiger partial charge in [-0.2, -0.15) is 0 Å². The zero-order valence-corrected chi connectivity index (χ0v) is 9.63. The van der Waals surface area contributed by atoms with Gasteiger partial charge in [0.1, 0.15) is 0 Å². The number of nitrogens with two attached hydrogens (primary N) is 1. The van der Waals surface area contributed by atoms with Crippen LogP contribution >= 0.6 is 15.9 Å². The second-order valence-corrected chi connectivity index (χ2v) is 4.68. The highest BCUT2D eigenvalue weighted by Crippen LogP contribution is 2.27.